The molecule has 2 heterocycles. The highest BCUT2D eigenvalue weighted by molar-refractivity contribution is 5.96. The van der Waals surface area contributed by atoms with Crippen molar-refractivity contribution in [1.29, 1.82) is 0 Å². The third-order valence-electron chi connectivity index (χ3n) is 3.47. The van der Waals surface area contributed by atoms with Crippen molar-refractivity contribution in [3.05, 3.63) is 42.5 Å². The molecule has 0 saturated carbocycles. The molecule has 0 aliphatic carbocycles. The van der Waals surface area contributed by atoms with Crippen LogP contribution in [0.15, 0.2) is 36.9 Å². The van der Waals surface area contributed by atoms with Gasteiger partial charge in [0.25, 0.3) is 5.91 Å². The van der Waals surface area contributed by atoms with Crippen LogP contribution in [0.2, 0.25) is 0 Å². The molecule has 1 atom stereocenters. The standard InChI is InChI=1S/C14H14N4O4/c19-13(17-5-6-22-7-12(17)14(20)21)10-1-3-11(4-2-10)18-9-15-8-16-18/h1-4,8-9,12H,5-7H2,(H,20,21). The molecule has 3 rings (SSSR count). The zero-order valence-electron chi connectivity index (χ0n) is 11.6. The normalized spacial score (nSPS) is 18.2. The Kier molecular flexibility index (Phi) is 3.84. The summed E-state index contributed by atoms with van der Waals surface area (Å²) in [6, 6.07) is 5.81. The SMILES string of the molecule is O=C(O)C1COCCN1C(=O)c1ccc(-n2cncn2)cc1. The van der Waals surface area contributed by atoms with Crippen molar-refractivity contribution in [2.75, 3.05) is 19.8 Å². The molecule has 1 aliphatic rings. The monoisotopic (exact) mass is 302 g/mol. The highest BCUT2D eigenvalue weighted by atomic mass is 16.5. The van der Waals surface area contributed by atoms with Crippen LogP contribution in [0.3, 0.4) is 0 Å². The fourth-order valence-electron chi connectivity index (χ4n) is 2.32. The lowest BCUT2D eigenvalue weighted by Gasteiger charge is -2.32. The first-order valence-corrected chi connectivity index (χ1v) is 6.73. The van der Waals surface area contributed by atoms with E-state index < -0.39 is 12.0 Å². The molecule has 114 valence electrons. The third kappa shape index (κ3) is 2.68. The summed E-state index contributed by atoms with van der Waals surface area (Å²) in [5.74, 6) is -1.38. The minimum atomic E-state index is -1.06. The Morgan fingerprint density at radius 2 is 2.05 bits per heavy atom. The molecule has 0 radical (unpaired) electrons. The molecule has 1 aromatic carbocycles. The largest absolute Gasteiger partial charge is 0.480 e. The number of carboxylic acid groups (broad SMARTS) is 1. The van der Waals surface area contributed by atoms with E-state index in [1.807, 2.05) is 0 Å². The van der Waals surface area contributed by atoms with Gasteiger partial charge in [-0.05, 0) is 24.3 Å². The summed E-state index contributed by atoms with van der Waals surface area (Å²) in [6.45, 7) is 0.616. The second-order valence-electron chi connectivity index (χ2n) is 4.81. The third-order valence-corrected chi connectivity index (χ3v) is 3.47. The highest BCUT2D eigenvalue weighted by Gasteiger charge is 2.33. The maximum atomic E-state index is 12.5. The summed E-state index contributed by atoms with van der Waals surface area (Å²) in [6.07, 6.45) is 2.98. The van der Waals surface area contributed by atoms with Crippen molar-refractivity contribution in [1.82, 2.24) is 19.7 Å². The predicted molar refractivity (Wildman–Crippen MR) is 74.6 cm³/mol. The second-order valence-corrected chi connectivity index (χ2v) is 4.81. The molecule has 1 fully saturated rings. The number of carbonyl (C=O) groups is 2. The van der Waals surface area contributed by atoms with Gasteiger partial charge < -0.3 is 14.7 Å². The van der Waals surface area contributed by atoms with Crippen LogP contribution < -0.4 is 0 Å². The fourth-order valence-corrected chi connectivity index (χ4v) is 2.32. The van der Waals surface area contributed by atoms with Gasteiger partial charge in [-0.1, -0.05) is 0 Å². The molecular formula is C14H14N4O4. The lowest BCUT2D eigenvalue weighted by molar-refractivity contribution is -0.147. The first kappa shape index (κ1) is 14.2. The predicted octanol–water partition coefficient (Wildman–Crippen LogP) is 0.193. The van der Waals surface area contributed by atoms with E-state index in [9.17, 15) is 14.7 Å². The molecule has 0 spiro atoms. The second kappa shape index (κ2) is 5.94. The van der Waals surface area contributed by atoms with E-state index >= 15 is 0 Å². The van der Waals surface area contributed by atoms with Gasteiger partial charge >= 0.3 is 5.97 Å². The Balaban J connectivity index is 1.81. The zero-order chi connectivity index (χ0) is 15.5. The lowest BCUT2D eigenvalue weighted by atomic mass is 10.1. The van der Waals surface area contributed by atoms with Gasteiger partial charge in [0.1, 0.15) is 12.7 Å². The topological polar surface area (TPSA) is 97.6 Å². The van der Waals surface area contributed by atoms with Gasteiger partial charge in [0.15, 0.2) is 6.04 Å². The van der Waals surface area contributed by atoms with E-state index in [1.165, 1.54) is 11.2 Å². The summed E-state index contributed by atoms with van der Waals surface area (Å²) in [4.78, 5) is 28.9. The van der Waals surface area contributed by atoms with Gasteiger partial charge in [-0.15, -0.1) is 0 Å². The average Bonchev–Trinajstić information content (AvgIpc) is 3.09. The molecule has 1 unspecified atom stereocenters. The van der Waals surface area contributed by atoms with E-state index in [4.69, 9.17) is 4.74 Å². The quantitative estimate of drug-likeness (QED) is 0.869. The van der Waals surface area contributed by atoms with E-state index in [2.05, 4.69) is 10.1 Å². The average molecular weight is 302 g/mol. The Labute approximate surface area is 125 Å². The Hall–Kier alpha value is -2.74. The number of nitrogens with zero attached hydrogens (tertiary/aromatic N) is 4. The van der Waals surface area contributed by atoms with Crippen molar-refractivity contribution in [3.8, 4) is 5.69 Å². The Bertz CT molecular complexity index is 669. The minimum Gasteiger partial charge on any atom is -0.480 e. The summed E-state index contributed by atoms with van der Waals surface area (Å²) in [7, 11) is 0. The summed E-state index contributed by atoms with van der Waals surface area (Å²) >= 11 is 0. The van der Waals surface area contributed by atoms with Crippen LogP contribution in [-0.4, -0.2) is 62.4 Å². The van der Waals surface area contributed by atoms with Gasteiger partial charge in [0, 0.05) is 12.1 Å². The van der Waals surface area contributed by atoms with Gasteiger partial charge in [0.05, 0.1) is 18.9 Å². The summed E-state index contributed by atoms with van der Waals surface area (Å²) in [5.41, 5.74) is 1.20. The van der Waals surface area contributed by atoms with E-state index in [0.29, 0.717) is 12.2 Å². The summed E-state index contributed by atoms with van der Waals surface area (Å²) in [5, 5.41) is 13.2. The van der Waals surface area contributed by atoms with Gasteiger partial charge in [-0.25, -0.2) is 14.5 Å². The molecule has 1 aliphatic heterocycles. The molecule has 2 aromatic rings. The number of hydrogen-bond donors (Lipinski definition) is 1. The molecule has 1 aromatic heterocycles. The number of carbonyl (C=O) groups excluding carboxylic acids is 1. The minimum absolute atomic E-state index is 0.0120. The van der Waals surface area contributed by atoms with Crippen molar-refractivity contribution in [2.45, 2.75) is 6.04 Å². The number of ether oxygens (including phenoxy) is 1. The Morgan fingerprint density at radius 3 is 2.68 bits per heavy atom. The molecule has 22 heavy (non-hydrogen) atoms. The molecule has 1 amide bonds. The first-order valence-electron chi connectivity index (χ1n) is 6.73. The summed E-state index contributed by atoms with van der Waals surface area (Å²) < 4.78 is 6.71. The van der Waals surface area contributed by atoms with Crippen LogP contribution in [0, 0.1) is 0 Å². The highest BCUT2D eigenvalue weighted by Crippen LogP contribution is 2.15. The zero-order valence-corrected chi connectivity index (χ0v) is 11.6. The fraction of sp³-hybridized carbons (Fsp3) is 0.286. The number of hydrogen-bond acceptors (Lipinski definition) is 5. The Morgan fingerprint density at radius 1 is 1.27 bits per heavy atom. The van der Waals surface area contributed by atoms with Crippen LogP contribution >= 0.6 is 0 Å². The van der Waals surface area contributed by atoms with Crippen molar-refractivity contribution >= 4 is 11.9 Å². The van der Waals surface area contributed by atoms with Crippen LogP contribution in [-0.2, 0) is 9.53 Å². The van der Waals surface area contributed by atoms with Crippen LogP contribution in [0.4, 0.5) is 0 Å². The first-order chi connectivity index (χ1) is 10.7. The lowest BCUT2D eigenvalue weighted by Crippen LogP contribution is -2.52. The van der Waals surface area contributed by atoms with Crippen LogP contribution in [0.5, 0.6) is 0 Å². The number of carboxylic acids is 1. The van der Waals surface area contributed by atoms with E-state index in [1.54, 1.807) is 35.3 Å². The number of aliphatic carboxylic acids is 1. The number of amides is 1. The van der Waals surface area contributed by atoms with Crippen molar-refractivity contribution in [2.24, 2.45) is 0 Å². The van der Waals surface area contributed by atoms with Gasteiger partial charge in [-0.3, -0.25) is 4.79 Å². The number of aromatic nitrogens is 3. The van der Waals surface area contributed by atoms with E-state index in [0.717, 1.165) is 5.69 Å². The molecular weight excluding hydrogens is 288 g/mol. The molecule has 8 nitrogen and oxygen atoms in total. The number of benzene rings is 1. The maximum absolute atomic E-state index is 12.5. The maximum Gasteiger partial charge on any atom is 0.328 e. The van der Waals surface area contributed by atoms with Crippen LogP contribution in [0.25, 0.3) is 5.69 Å². The number of morpholine rings is 1. The van der Waals surface area contributed by atoms with E-state index in [-0.39, 0.29) is 19.1 Å². The smallest absolute Gasteiger partial charge is 0.328 e. The van der Waals surface area contributed by atoms with Gasteiger partial charge in [-0.2, -0.15) is 5.10 Å². The van der Waals surface area contributed by atoms with Crippen molar-refractivity contribution < 1.29 is 19.4 Å². The number of rotatable bonds is 3. The molecule has 1 N–H and O–H groups in total. The molecule has 8 heteroatoms. The van der Waals surface area contributed by atoms with Gasteiger partial charge in [0.2, 0.25) is 0 Å². The van der Waals surface area contributed by atoms with Crippen molar-refractivity contribution in [3.63, 3.8) is 0 Å². The molecule has 0 bridgehead atoms. The molecule has 1 saturated heterocycles. The van der Waals surface area contributed by atoms with Crippen LogP contribution in [0.1, 0.15) is 10.4 Å².